The van der Waals surface area contributed by atoms with Crippen molar-refractivity contribution in [3.05, 3.63) is 71.5 Å². The van der Waals surface area contributed by atoms with Crippen LogP contribution in [0.3, 0.4) is 0 Å². The maximum absolute atomic E-state index is 13.5. The third-order valence-electron chi connectivity index (χ3n) is 6.66. The number of likely N-dealkylation sites (N-methyl/N-ethyl adjacent to an activating group) is 1. The molecule has 0 bridgehead atoms. The van der Waals surface area contributed by atoms with Gasteiger partial charge in [0, 0.05) is 6.54 Å². The molecule has 2 aromatic rings. The van der Waals surface area contributed by atoms with Crippen LogP contribution in [0, 0.1) is 23.1 Å². The lowest BCUT2D eigenvalue weighted by Gasteiger charge is -2.34. The lowest BCUT2D eigenvalue weighted by atomic mass is 9.67. The van der Waals surface area contributed by atoms with Crippen LogP contribution < -0.4 is 0 Å². The zero-order valence-corrected chi connectivity index (χ0v) is 17.6. The first-order valence-electron chi connectivity index (χ1n) is 11.1. The Balaban J connectivity index is 1.64. The van der Waals surface area contributed by atoms with Crippen molar-refractivity contribution < 1.29 is 4.39 Å². The highest BCUT2D eigenvalue weighted by Gasteiger charge is 2.41. The largest absolute Gasteiger partial charge is 0.303 e. The fraction of sp³-hybridized carbons (Fsp3) is 0.500. The van der Waals surface area contributed by atoms with Crippen LogP contribution in [0.4, 0.5) is 4.39 Å². The summed E-state index contributed by atoms with van der Waals surface area (Å²) in [5.41, 5.74) is 1.89. The van der Waals surface area contributed by atoms with E-state index in [4.69, 9.17) is 0 Å². The summed E-state index contributed by atoms with van der Waals surface area (Å²) in [6.07, 6.45) is 7.51. The minimum atomic E-state index is -0.483. The summed E-state index contributed by atoms with van der Waals surface area (Å²) < 4.78 is 13.5. The normalized spacial score (nSPS) is 16.6. The average molecular weight is 393 g/mol. The molecule has 0 saturated heterocycles. The molecule has 3 heteroatoms. The van der Waals surface area contributed by atoms with Crippen molar-refractivity contribution in [1.82, 2.24) is 4.90 Å². The molecular weight excluding hydrogens is 359 g/mol. The summed E-state index contributed by atoms with van der Waals surface area (Å²) in [5, 5.41) is 10.3. The predicted octanol–water partition coefficient (Wildman–Crippen LogP) is 6.12. The molecule has 1 aliphatic carbocycles. The van der Waals surface area contributed by atoms with Gasteiger partial charge in [0.05, 0.1) is 11.5 Å². The molecule has 2 nitrogen and oxygen atoms in total. The molecule has 2 aromatic carbocycles. The first-order chi connectivity index (χ1) is 14.2. The van der Waals surface area contributed by atoms with Crippen LogP contribution in [0.25, 0.3) is 0 Å². The van der Waals surface area contributed by atoms with Crippen molar-refractivity contribution in [2.24, 2.45) is 5.92 Å². The van der Waals surface area contributed by atoms with E-state index in [9.17, 15) is 9.65 Å². The van der Waals surface area contributed by atoms with Gasteiger partial charge in [-0.15, -0.1) is 0 Å². The number of hydrogen-bond donors (Lipinski definition) is 0. The summed E-state index contributed by atoms with van der Waals surface area (Å²) in [7, 11) is 0. The van der Waals surface area contributed by atoms with Crippen LogP contribution in [-0.2, 0) is 11.8 Å². The minimum Gasteiger partial charge on any atom is -0.303 e. The molecule has 0 heterocycles. The van der Waals surface area contributed by atoms with Gasteiger partial charge in [0.2, 0.25) is 0 Å². The Hall–Kier alpha value is -2.18. The summed E-state index contributed by atoms with van der Waals surface area (Å²) in [6.45, 7) is 5.27. The number of benzene rings is 2. The van der Waals surface area contributed by atoms with E-state index in [-0.39, 0.29) is 5.82 Å². The molecular formula is C26H33FN2. The highest BCUT2D eigenvalue weighted by molar-refractivity contribution is 5.34. The molecule has 1 saturated carbocycles. The van der Waals surface area contributed by atoms with Crippen LogP contribution >= 0.6 is 0 Å². The monoisotopic (exact) mass is 392 g/mol. The zero-order chi connectivity index (χ0) is 20.5. The minimum absolute atomic E-state index is 0.231. The molecule has 1 aliphatic rings. The zero-order valence-electron chi connectivity index (χ0n) is 17.6. The van der Waals surface area contributed by atoms with E-state index in [2.05, 4.69) is 48.2 Å². The molecule has 0 aromatic heterocycles. The summed E-state index contributed by atoms with van der Waals surface area (Å²) >= 11 is 0. The lowest BCUT2D eigenvalue weighted by Crippen LogP contribution is -2.34. The number of rotatable bonds is 10. The van der Waals surface area contributed by atoms with Gasteiger partial charge in [-0.05, 0) is 74.4 Å². The van der Waals surface area contributed by atoms with Gasteiger partial charge >= 0.3 is 0 Å². The molecule has 0 amide bonds. The van der Waals surface area contributed by atoms with Crippen molar-refractivity contribution in [1.29, 1.82) is 5.26 Å². The molecule has 0 N–H and O–H groups in total. The van der Waals surface area contributed by atoms with Crippen LogP contribution in [0.2, 0.25) is 0 Å². The van der Waals surface area contributed by atoms with E-state index in [1.54, 1.807) is 0 Å². The second-order valence-corrected chi connectivity index (χ2v) is 8.34. The highest BCUT2D eigenvalue weighted by Crippen LogP contribution is 2.45. The topological polar surface area (TPSA) is 27.0 Å². The van der Waals surface area contributed by atoms with Crippen molar-refractivity contribution >= 4 is 0 Å². The predicted molar refractivity (Wildman–Crippen MR) is 117 cm³/mol. The van der Waals surface area contributed by atoms with Gasteiger partial charge in [-0.3, -0.25) is 0 Å². The van der Waals surface area contributed by atoms with Gasteiger partial charge in [0.25, 0.3) is 0 Å². The van der Waals surface area contributed by atoms with E-state index in [0.717, 1.165) is 57.3 Å². The van der Waals surface area contributed by atoms with Crippen molar-refractivity contribution in [3.8, 4) is 6.07 Å². The Bertz CT molecular complexity index is 775. The second kappa shape index (κ2) is 10.6. The Morgan fingerprint density at radius 2 is 1.72 bits per heavy atom. The third kappa shape index (κ3) is 5.46. The van der Waals surface area contributed by atoms with Crippen molar-refractivity contribution in [3.63, 3.8) is 0 Å². The van der Waals surface area contributed by atoms with Crippen LogP contribution in [0.1, 0.15) is 56.6 Å². The smallest absolute Gasteiger partial charge is 0.123 e. The van der Waals surface area contributed by atoms with Gasteiger partial charge in [-0.1, -0.05) is 62.2 Å². The number of hydrogen-bond acceptors (Lipinski definition) is 2. The molecule has 1 atom stereocenters. The van der Waals surface area contributed by atoms with Gasteiger partial charge in [0.15, 0.2) is 0 Å². The van der Waals surface area contributed by atoms with Gasteiger partial charge < -0.3 is 4.90 Å². The van der Waals surface area contributed by atoms with Crippen LogP contribution in [0.5, 0.6) is 0 Å². The van der Waals surface area contributed by atoms with Gasteiger partial charge in [-0.25, -0.2) is 4.39 Å². The number of nitrogens with zero attached hydrogens (tertiary/aromatic N) is 2. The van der Waals surface area contributed by atoms with E-state index < -0.39 is 5.41 Å². The summed E-state index contributed by atoms with van der Waals surface area (Å²) in [6, 6.07) is 20.0. The fourth-order valence-corrected chi connectivity index (χ4v) is 4.90. The third-order valence-corrected chi connectivity index (χ3v) is 6.66. The molecule has 0 radical (unpaired) electrons. The summed E-state index contributed by atoms with van der Waals surface area (Å²) in [5.74, 6) is 0.155. The molecule has 1 fully saturated rings. The van der Waals surface area contributed by atoms with Gasteiger partial charge in [0.1, 0.15) is 5.82 Å². The second-order valence-electron chi connectivity index (χ2n) is 8.34. The lowest BCUT2D eigenvalue weighted by molar-refractivity contribution is 0.255. The molecule has 0 spiro atoms. The van der Waals surface area contributed by atoms with Crippen LogP contribution in [0.15, 0.2) is 54.6 Å². The maximum atomic E-state index is 13.5. The quantitative estimate of drug-likeness (QED) is 0.487. The summed E-state index contributed by atoms with van der Waals surface area (Å²) in [4.78, 5) is 2.48. The maximum Gasteiger partial charge on any atom is 0.123 e. The Morgan fingerprint density at radius 3 is 2.34 bits per heavy atom. The molecule has 154 valence electrons. The number of halogens is 1. The highest BCUT2D eigenvalue weighted by atomic mass is 19.1. The standard InChI is InChI=1S/C26H33FN2/c1-2-29(20-17-22-9-4-3-5-10-22)19-8-18-26(21-28,23-11-6-7-12-23)24-13-15-25(27)16-14-24/h3-5,9-10,13-16,23H,2,6-8,11-12,17-20H2,1H3. The number of nitriles is 1. The fourth-order valence-electron chi connectivity index (χ4n) is 4.90. The SMILES string of the molecule is CCN(CCCC(C#N)(c1ccc(F)cc1)C1CCCC1)CCc1ccccc1. The van der Waals surface area contributed by atoms with Gasteiger partial charge in [-0.2, -0.15) is 5.26 Å². The molecule has 0 aliphatic heterocycles. The van der Waals surface area contributed by atoms with E-state index >= 15 is 0 Å². The van der Waals surface area contributed by atoms with E-state index in [1.165, 1.54) is 30.5 Å². The van der Waals surface area contributed by atoms with Crippen molar-refractivity contribution in [2.75, 3.05) is 19.6 Å². The average Bonchev–Trinajstić information content (AvgIpc) is 3.30. The van der Waals surface area contributed by atoms with Crippen molar-refractivity contribution in [2.45, 2.75) is 57.3 Å². The Kier molecular flexibility index (Phi) is 7.83. The first-order valence-corrected chi connectivity index (χ1v) is 11.1. The Labute approximate surface area is 175 Å². The molecule has 3 rings (SSSR count). The van der Waals surface area contributed by atoms with Crippen LogP contribution in [-0.4, -0.2) is 24.5 Å². The Morgan fingerprint density at radius 1 is 1.03 bits per heavy atom. The first kappa shape index (κ1) is 21.5. The van der Waals surface area contributed by atoms with E-state index in [1.807, 2.05) is 12.1 Å². The van der Waals surface area contributed by atoms with E-state index in [0.29, 0.717) is 5.92 Å². The molecule has 1 unspecified atom stereocenters. The molecule has 29 heavy (non-hydrogen) atoms.